The number of hydrogen-bond donors (Lipinski definition) is 1. The van der Waals surface area contributed by atoms with E-state index >= 15 is 0 Å². The molecule has 1 amide bonds. The van der Waals surface area contributed by atoms with Crippen molar-refractivity contribution in [2.75, 3.05) is 5.32 Å². The molecule has 0 spiro atoms. The van der Waals surface area contributed by atoms with Crippen LogP contribution in [-0.2, 0) is 7.05 Å². The van der Waals surface area contributed by atoms with Crippen molar-refractivity contribution in [3.05, 3.63) is 52.1 Å². The molecule has 4 rings (SSSR count). The maximum Gasteiger partial charge on any atom is 0.267 e. The molecule has 24 heavy (non-hydrogen) atoms. The van der Waals surface area contributed by atoms with Crippen molar-refractivity contribution in [1.29, 1.82) is 0 Å². The van der Waals surface area contributed by atoms with Gasteiger partial charge in [0.2, 0.25) is 0 Å². The summed E-state index contributed by atoms with van der Waals surface area (Å²) in [6.07, 6.45) is 1.63. The van der Waals surface area contributed by atoms with Crippen LogP contribution in [0.5, 0.6) is 0 Å². The van der Waals surface area contributed by atoms with Gasteiger partial charge >= 0.3 is 0 Å². The summed E-state index contributed by atoms with van der Waals surface area (Å²) in [5, 5.41) is 9.50. The van der Waals surface area contributed by atoms with Crippen molar-refractivity contribution in [2.45, 2.75) is 6.92 Å². The number of aryl methyl sites for hydroxylation is 2. The zero-order valence-corrected chi connectivity index (χ0v) is 14.6. The highest BCUT2D eigenvalue weighted by molar-refractivity contribution is 7.21. The molecule has 4 aromatic rings. The lowest BCUT2D eigenvalue weighted by Crippen LogP contribution is -2.10. The van der Waals surface area contributed by atoms with Crippen LogP contribution in [0.25, 0.3) is 21.1 Å². The average molecular weight is 357 g/mol. The molecule has 120 valence electrons. The highest BCUT2D eigenvalue weighted by atomic mass is 35.5. The largest absolute Gasteiger partial charge is 0.320 e. The summed E-state index contributed by atoms with van der Waals surface area (Å²) in [6, 6.07) is 9.59. The summed E-state index contributed by atoms with van der Waals surface area (Å²) in [4.78, 5) is 17.5. The smallest absolute Gasteiger partial charge is 0.267 e. The Bertz CT molecular complexity index is 1100. The minimum absolute atomic E-state index is 0.233. The van der Waals surface area contributed by atoms with Crippen LogP contribution in [-0.4, -0.2) is 20.7 Å². The molecule has 3 aromatic heterocycles. The molecule has 0 aliphatic carbocycles. The number of fused-ring (bicyclic) bond motifs is 2. The van der Waals surface area contributed by atoms with Gasteiger partial charge in [-0.15, -0.1) is 11.3 Å². The molecule has 0 aliphatic rings. The number of pyridine rings is 1. The Morgan fingerprint density at radius 1 is 1.29 bits per heavy atom. The minimum Gasteiger partial charge on any atom is -0.320 e. The van der Waals surface area contributed by atoms with Gasteiger partial charge in [-0.2, -0.15) is 5.10 Å². The molecule has 0 unspecified atom stereocenters. The van der Waals surface area contributed by atoms with Crippen LogP contribution in [0, 0.1) is 6.92 Å². The lowest BCUT2D eigenvalue weighted by atomic mass is 10.2. The highest BCUT2D eigenvalue weighted by Crippen LogP contribution is 2.35. The molecular weight excluding hydrogens is 344 g/mol. The Balaban J connectivity index is 1.70. The van der Waals surface area contributed by atoms with E-state index in [-0.39, 0.29) is 5.91 Å². The summed E-state index contributed by atoms with van der Waals surface area (Å²) >= 11 is 7.74. The number of rotatable bonds is 2. The number of thiophene rings is 1. The molecule has 0 saturated carbocycles. The van der Waals surface area contributed by atoms with E-state index in [0.717, 1.165) is 26.8 Å². The molecule has 0 aliphatic heterocycles. The number of carbonyl (C=O) groups is 1. The summed E-state index contributed by atoms with van der Waals surface area (Å²) in [6.45, 7) is 1.92. The molecule has 0 radical (unpaired) electrons. The predicted octanol–water partition coefficient (Wildman–Crippen LogP) is 4.40. The number of nitrogens with one attached hydrogen (secondary N) is 1. The van der Waals surface area contributed by atoms with E-state index in [9.17, 15) is 4.79 Å². The van der Waals surface area contributed by atoms with Gasteiger partial charge in [-0.25, -0.2) is 4.98 Å². The van der Waals surface area contributed by atoms with Gasteiger partial charge in [0.15, 0.2) is 5.65 Å². The van der Waals surface area contributed by atoms with E-state index in [1.165, 1.54) is 11.3 Å². The van der Waals surface area contributed by atoms with Crippen LogP contribution in [0.1, 0.15) is 15.4 Å². The molecule has 0 bridgehead atoms. The normalized spacial score (nSPS) is 11.3. The zero-order valence-electron chi connectivity index (χ0n) is 13.0. The van der Waals surface area contributed by atoms with Crippen LogP contribution in [0.4, 0.5) is 5.69 Å². The third-order valence-corrected chi connectivity index (χ3v) is 5.54. The molecule has 7 heteroatoms. The predicted molar refractivity (Wildman–Crippen MR) is 98.0 cm³/mol. The lowest BCUT2D eigenvalue weighted by Gasteiger charge is -2.04. The zero-order chi connectivity index (χ0) is 16.8. The van der Waals surface area contributed by atoms with Gasteiger partial charge in [0.1, 0.15) is 4.88 Å². The van der Waals surface area contributed by atoms with E-state index in [2.05, 4.69) is 15.4 Å². The van der Waals surface area contributed by atoms with Crippen LogP contribution < -0.4 is 5.32 Å². The molecule has 5 nitrogen and oxygen atoms in total. The van der Waals surface area contributed by atoms with Gasteiger partial charge in [0.05, 0.1) is 22.6 Å². The van der Waals surface area contributed by atoms with E-state index in [1.807, 2.05) is 44.3 Å². The highest BCUT2D eigenvalue weighted by Gasteiger charge is 2.17. The van der Waals surface area contributed by atoms with Crippen molar-refractivity contribution in [1.82, 2.24) is 14.8 Å². The van der Waals surface area contributed by atoms with Gasteiger partial charge in [-0.3, -0.25) is 9.48 Å². The number of hydrogen-bond acceptors (Lipinski definition) is 4. The maximum atomic E-state index is 12.6. The Morgan fingerprint density at radius 2 is 2.08 bits per heavy atom. The van der Waals surface area contributed by atoms with Gasteiger partial charge in [-0.05, 0) is 19.1 Å². The summed E-state index contributed by atoms with van der Waals surface area (Å²) in [5.74, 6) is -0.233. The average Bonchev–Trinajstić information content (AvgIpc) is 3.05. The first kappa shape index (κ1) is 15.1. The lowest BCUT2D eigenvalue weighted by molar-refractivity contribution is 0.103. The summed E-state index contributed by atoms with van der Waals surface area (Å²) in [7, 11) is 1.84. The first-order chi connectivity index (χ1) is 11.5. The minimum atomic E-state index is -0.233. The van der Waals surface area contributed by atoms with Crippen molar-refractivity contribution in [2.24, 2.45) is 7.05 Å². The van der Waals surface area contributed by atoms with E-state index in [4.69, 9.17) is 11.6 Å². The van der Waals surface area contributed by atoms with E-state index < -0.39 is 0 Å². The monoisotopic (exact) mass is 356 g/mol. The molecule has 3 heterocycles. The second-order valence-electron chi connectivity index (χ2n) is 5.50. The van der Waals surface area contributed by atoms with Crippen LogP contribution in [0.15, 0.2) is 36.5 Å². The number of carbonyl (C=O) groups excluding carboxylic acids is 1. The standard InChI is InChI=1S/C17H13ClN4OS/c1-9-12-7-10(8-19-16(12)22(2)21-9)20-17(23)15-14(18)11-5-3-4-6-13(11)24-15/h3-8H,1-2H3,(H,20,23). The fourth-order valence-corrected chi connectivity index (χ4v) is 4.14. The number of aromatic nitrogens is 3. The number of anilines is 1. The molecule has 0 saturated heterocycles. The molecule has 0 fully saturated rings. The second-order valence-corrected chi connectivity index (χ2v) is 6.93. The van der Waals surface area contributed by atoms with Gasteiger partial charge < -0.3 is 5.32 Å². The van der Waals surface area contributed by atoms with Gasteiger partial charge in [-0.1, -0.05) is 29.8 Å². The summed E-state index contributed by atoms with van der Waals surface area (Å²) in [5.41, 5.74) is 2.28. The second kappa shape index (κ2) is 5.58. The molecule has 0 atom stereocenters. The van der Waals surface area contributed by atoms with Crippen LogP contribution in [0.2, 0.25) is 5.02 Å². The first-order valence-corrected chi connectivity index (χ1v) is 8.52. The Morgan fingerprint density at radius 3 is 2.88 bits per heavy atom. The summed E-state index contributed by atoms with van der Waals surface area (Å²) < 4.78 is 2.71. The van der Waals surface area contributed by atoms with Crippen molar-refractivity contribution >= 4 is 55.7 Å². The number of nitrogens with zero attached hydrogens (tertiary/aromatic N) is 3. The van der Waals surface area contributed by atoms with Crippen LogP contribution >= 0.6 is 22.9 Å². The molecular formula is C17H13ClN4OS. The number of amides is 1. The first-order valence-electron chi connectivity index (χ1n) is 7.32. The number of benzene rings is 1. The van der Waals surface area contributed by atoms with E-state index in [0.29, 0.717) is 15.6 Å². The fraction of sp³-hybridized carbons (Fsp3) is 0.118. The number of halogens is 1. The Labute approximate surface area is 146 Å². The quantitative estimate of drug-likeness (QED) is 0.579. The van der Waals surface area contributed by atoms with Crippen molar-refractivity contribution < 1.29 is 4.79 Å². The topological polar surface area (TPSA) is 59.8 Å². The van der Waals surface area contributed by atoms with Crippen molar-refractivity contribution in [3.63, 3.8) is 0 Å². The Hall–Kier alpha value is -2.44. The Kier molecular flexibility index (Phi) is 3.51. The fourth-order valence-electron chi connectivity index (χ4n) is 2.72. The third-order valence-electron chi connectivity index (χ3n) is 3.86. The van der Waals surface area contributed by atoms with Crippen molar-refractivity contribution in [3.8, 4) is 0 Å². The molecule has 1 aromatic carbocycles. The van der Waals surface area contributed by atoms with Crippen LogP contribution in [0.3, 0.4) is 0 Å². The van der Waals surface area contributed by atoms with E-state index in [1.54, 1.807) is 10.9 Å². The third kappa shape index (κ3) is 2.35. The maximum absolute atomic E-state index is 12.6. The van der Waals surface area contributed by atoms with Gasteiger partial charge in [0.25, 0.3) is 5.91 Å². The molecule has 1 N–H and O–H groups in total. The SMILES string of the molecule is Cc1nn(C)c2ncc(NC(=O)c3sc4ccccc4c3Cl)cc12. The van der Waals surface area contributed by atoms with Gasteiger partial charge in [0, 0.05) is 22.5 Å².